The average molecular weight is 502 g/mol. The molecule has 3 amide bonds. The standard InChI is InChI=1S/C26H32ClN3O5/c1-7-14-30(24(33)17(3)28-25(34)35-26(4,5)6)22(18-11-9-12-19(31)15-18)23(32)29-21-16(2)10-8-13-20(21)27/h7-13,15,17,22,31H,1,14H2,2-6H3,(H,28,34)(H,29,32). The Morgan fingerprint density at radius 2 is 1.86 bits per heavy atom. The van der Waals surface area contributed by atoms with Crippen molar-refractivity contribution >= 4 is 35.2 Å². The molecule has 35 heavy (non-hydrogen) atoms. The van der Waals surface area contributed by atoms with E-state index in [9.17, 15) is 19.5 Å². The Balaban J connectivity index is 2.44. The number of carbonyl (C=O) groups is 3. The smallest absolute Gasteiger partial charge is 0.408 e. The lowest BCUT2D eigenvalue weighted by atomic mass is 10.0. The highest BCUT2D eigenvalue weighted by molar-refractivity contribution is 6.34. The van der Waals surface area contributed by atoms with E-state index in [1.807, 2.05) is 0 Å². The van der Waals surface area contributed by atoms with Gasteiger partial charge in [-0.15, -0.1) is 6.58 Å². The first-order chi connectivity index (χ1) is 16.3. The quantitative estimate of drug-likeness (QED) is 0.443. The Hall–Kier alpha value is -3.52. The van der Waals surface area contributed by atoms with E-state index in [0.717, 1.165) is 5.56 Å². The fourth-order valence-electron chi connectivity index (χ4n) is 3.41. The van der Waals surface area contributed by atoms with Crippen LogP contribution in [-0.2, 0) is 14.3 Å². The number of ether oxygens (including phenoxy) is 1. The van der Waals surface area contributed by atoms with Gasteiger partial charge in [-0.05, 0) is 63.9 Å². The van der Waals surface area contributed by atoms with Crippen LogP contribution in [0.1, 0.15) is 44.9 Å². The first-order valence-electron chi connectivity index (χ1n) is 11.1. The molecule has 0 radical (unpaired) electrons. The molecule has 2 rings (SSSR count). The summed E-state index contributed by atoms with van der Waals surface area (Å²) in [6.07, 6.45) is 0.712. The summed E-state index contributed by atoms with van der Waals surface area (Å²) in [5.41, 5.74) is 0.772. The lowest BCUT2D eigenvalue weighted by Gasteiger charge is -2.33. The molecule has 0 spiro atoms. The van der Waals surface area contributed by atoms with Crippen molar-refractivity contribution in [3.8, 4) is 5.75 Å². The van der Waals surface area contributed by atoms with Gasteiger partial charge in [-0.25, -0.2) is 4.79 Å². The third kappa shape index (κ3) is 7.75. The van der Waals surface area contributed by atoms with Gasteiger partial charge in [-0.3, -0.25) is 9.59 Å². The highest BCUT2D eigenvalue weighted by atomic mass is 35.5. The van der Waals surface area contributed by atoms with Crippen molar-refractivity contribution in [2.24, 2.45) is 0 Å². The molecular formula is C26H32ClN3O5. The number of aromatic hydroxyl groups is 1. The van der Waals surface area contributed by atoms with Gasteiger partial charge in [-0.2, -0.15) is 0 Å². The Labute approximate surface area is 210 Å². The molecule has 0 aliphatic carbocycles. The maximum absolute atomic E-state index is 13.6. The van der Waals surface area contributed by atoms with Gasteiger partial charge < -0.3 is 25.4 Å². The molecule has 2 atom stereocenters. The molecule has 2 aromatic rings. The van der Waals surface area contributed by atoms with Gasteiger partial charge in [-0.1, -0.05) is 41.9 Å². The van der Waals surface area contributed by atoms with Crippen LogP contribution >= 0.6 is 11.6 Å². The van der Waals surface area contributed by atoms with Gasteiger partial charge in [0.05, 0.1) is 10.7 Å². The van der Waals surface area contributed by atoms with E-state index in [1.165, 1.54) is 30.0 Å². The van der Waals surface area contributed by atoms with Crippen LogP contribution in [0.4, 0.5) is 10.5 Å². The molecule has 0 saturated carbocycles. The molecule has 0 aliphatic rings. The molecule has 9 heteroatoms. The number of benzene rings is 2. The molecule has 0 saturated heterocycles. The number of halogens is 1. The van der Waals surface area contributed by atoms with Crippen LogP contribution in [0.2, 0.25) is 5.02 Å². The van der Waals surface area contributed by atoms with E-state index in [-0.39, 0.29) is 12.3 Å². The van der Waals surface area contributed by atoms with E-state index >= 15 is 0 Å². The van der Waals surface area contributed by atoms with Crippen molar-refractivity contribution in [3.05, 3.63) is 71.3 Å². The van der Waals surface area contributed by atoms with Crippen molar-refractivity contribution < 1.29 is 24.2 Å². The molecule has 2 unspecified atom stereocenters. The molecule has 188 valence electrons. The summed E-state index contributed by atoms with van der Waals surface area (Å²) in [6.45, 7) is 12.1. The van der Waals surface area contributed by atoms with Gasteiger partial charge in [0.1, 0.15) is 23.4 Å². The zero-order chi connectivity index (χ0) is 26.3. The SMILES string of the molecule is C=CCN(C(=O)C(C)NC(=O)OC(C)(C)C)C(C(=O)Nc1c(C)cccc1Cl)c1cccc(O)c1. The molecule has 8 nitrogen and oxygen atoms in total. The van der Waals surface area contributed by atoms with Crippen LogP contribution in [0.15, 0.2) is 55.1 Å². The predicted octanol–water partition coefficient (Wildman–Crippen LogP) is 4.96. The number of nitrogens with zero attached hydrogens (tertiary/aromatic N) is 1. The largest absolute Gasteiger partial charge is 0.508 e. The number of aryl methyl sites for hydroxylation is 1. The summed E-state index contributed by atoms with van der Waals surface area (Å²) in [4.78, 5) is 40.6. The Kier molecular flexibility index (Phi) is 9.31. The number of phenolic OH excluding ortho intramolecular Hbond substituents is 1. The average Bonchev–Trinajstić information content (AvgIpc) is 2.74. The monoisotopic (exact) mass is 501 g/mol. The lowest BCUT2D eigenvalue weighted by Crippen LogP contribution is -2.51. The van der Waals surface area contributed by atoms with Crippen molar-refractivity contribution in [1.82, 2.24) is 10.2 Å². The van der Waals surface area contributed by atoms with E-state index in [2.05, 4.69) is 17.2 Å². The summed E-state index contributed by atoms with van der Waals surface area (Å²) in [5.74, 6) is -1.17. The van der Waals surface area contributed by atoms with Crippen LogP contribution in [0.25, 0.3) is 0 Å². The lowest BCUT2D eigenvalue weighted by molar-refractivity contribution is -0.139. The van der Waals surface area contributed by atoms with Crippen LogP contribution in [0.5, 0.6) is 5.75 Å². The Bertz CT molecular complexity index is 1080. The Morgan fingerprint density at radius 1 is 1.20 bits per heavy atom. The Morgan fingerprint density at radius 3 is 2.43 bits per heavy atom. The van der Waals surface area contributed by atoms with Gasteiger partial charge >= 0.3 is 6.09 Å². The fourth-order valence-corrected chi connectivity index (χ4v) is 3.68. The van der Waals surface area contributed by atoms with Gasteiger partial charge in [0.15, 0.2) is 0 Å². The van der Waals surface area contributed by atoms with Crippen LogP contribution in [-0.4, -0.2) is 46.1 Å². The summed E-state index contributed by atoms with van der Waals surface area (Å²) in [7, 11) is 0. The number of carbonyl (C=O) groups excluding carboxylic acids is 3. The molecular weight excluding hydrogens is 470 g/mol. The summed E-state index contributed by atoms with van der Waals surface area (Å²) < 4.78 is 5.24. The normalized spacial score (nSPS) is 12.7. The van der Waals surface area contributed by atoms with E-state index in [1.54, 1.807) is 58.0 Å². The number of nitrogens with one attached hydrogen (secondary N) is 2. The van der Waals surface area contributed by atoms with Crippen molar-refractivity contribution in [1.29, 1.82) is 0 Å². The van der Waals surface area contributed by atoms with Crippen LogP contribution in [0.3, 0.4) is 0 Å². The minimum Gasteiger partial charge on any atom is -0.508 e. The highest BCUT2D eigenvalue weighted by Gasteiger charge is 2.34. The third-order valence-corrected chi connectivity index (χ3v) is 5.24. The van der Waals surface area contributed by atoms with Gasteiger partial charge in [0.25, 0.3) is 5.91 Å². The maximum atomic E-state index is 13.6. The number of hydrogen-bond acceptors (Lipinski definition) is 5. The molecule has 0 bridgehead atoms. The fraction of sp³-hybridized carbons (Fsp3) is 0.346. The van der Waals surface area contributed by atoms with E-state index in [4.69, 9.17) is 16.3 Å². The van der Waals surface area contributed by atoms with Crippen molar-refractivity contribution in [3.63, 3.8) is 0 Å². The third-order valence-electron chi connectivity index (χ3n) is 4.93. The predicted molar refractivity (Wildman–Crippen MR) is 136 cm³/mol. The molecule has 2 aromatic carbocycles. The minimum absolute atomic E-state index is 0.00554. The molecule has 0 fully saturated rings. The number of amides is 3. The van der Waals surface area contributed by atoms with Crippen LogP contribution in [0, 0.1) is 6.92 Å². The second kappa shape index (κ2) is 11.8. The minimum atomic E-state index is -1.16. The highest BCUT2D eigenvalue weighted by Crippen LogP contribution is 2.30. The van der Waals surface area contributed by atoms with Gasteiger partial charge in [0.2, 0.25) is 5.91 Å². The number of para-hydroxylation sites is 1. The second-order valence-corrected chi connectivity index (χ2v) is 9.47. The van der Waals surface area contributed by atoms with Gasteiger partial charge in [0, 0.05) is 6.54 Å². The molecule has 0 aromatic heterocycles. The summed E-state index contributed by atoms with van der Waals surface area (Å²) in [6, 6.07) is 9.09. The first-order valence-corrected chi connectivity index (χ1v) is 11.5. The number of alkyl carbamates (subject to hydrolysis) is 1. The van der Waals surface area contributed by atoms with Crippen molar-refractivity contribution in [2.75, 3.05) is 11.9 Å². The number of rotatable bonds is 8. The second-order valence-electron chi connectivity index (χ2n) is 9.07. The number of phenols is 1. The maximum Gasteiger partial charge on any atom is 0.408 e. The zero-order valence-electron chi connectivity index (χ0n) is 20.6. The number of anilines is 1. The van der Waals surface area contributed by atoms with E-state index in [0.29, 0.717) is 16.3 Å². The van der Waals surface area contributed by atoms with Crippen LogP contribution < -0.4 is 10.6 Å². The zero-order valence-corrected chi connectivity index (χ0v) is 21.3. The summed E-state index contributed by atoms with van der Waals surface area (Å²) in [5, 5.41) is 15.7. The molecule has 0 heterocycles. The first kappa shape index (κ1) is 27.7. The van der Waals surface area contributed by atoms with Crippen molar-refractivity contribution in [2.45, 2.75) is 52.3 Å². The number of hydrogen-bond donors (Lipinski definition) is 3. The molecule has 3 N–H and O–H groups in total. The summed E-state index contributed by atoms with van der Waals surface area (Å²) >= 11 is 6.30. The topological polar surface area (TPSA) is 108 Å². The van der Waals surface area contributed by atoms with E-state index < -0.39 is 35.6 Å². The molecule has 0 aliphatic heterocycles.